The SMILES string of the molecule is C=CCNC(=O)c1nn(CCC)c(=O)c2ccccc12. The molecule has 0 bridgehead atoms. The molecule has 0 spiro atoms. The van der Waals surface area contributed by atoms with Crippen LogP contribution in [0.4, 0.5) is 0 Å². The summed E-state index contributed by atoms with van der Waals surface area (Å²) < 4.78 is 1.35. The summed E-state index contributed by atoms with van der Waals surface area (Å²) in [7, 11) is 0. The lowest BCUT2D eigenvalue weighted by Crippen LogP contribution is -2.30. The number of carbonyl (C=O) groups excluding carboxylic acids is 1. The van der Waals surface area contributed by atoms with Crippen molar-refractivity contribution in [3.8, 4) is 0 Å². The van der Waals surface area contributed by atoms with Crippen molar-refractivity contribution in [1.29, 1.82) is 0 Å². The number of hydrogen-bond donors (Lipinski definition) is 1. The van der Waals surface area contributed by atoms with Crippen molar-refractivity contribution in [2.45, 2.75) is 19.9 Å². The van der Waals surface area contributed by atoms with Gasteiger partial charge in [0.25, 0.3) is 11.5 Å². The highest BCUT2D eigenvalue weighted by atomic mass is 16.2. The van der Waals surface area contributed by atoms with Crippen molar-refractivity contribution >= 4 is 16.7 Å². The molecule has 0 saturated heterocycles. The van der Waals surface area contributed by atoms with Gasteiger partial charge in [-0.05, 0) is 12.5 Å². The molecule has 1 N–H and O–H groups in total. The minimum atomic E-state index is -0.300. The molecule has 20 heavy (non-hydrogen) atoms. The van der Waals surface area contributed by atoms with Crippen molar-refractivity contribution in [3.05, 3.63) is 53.0 Å². The molecule has 0 atom stereocenters. The molecule has 0 aliphatic heterocycles. The van der Waals surface area contributed by atoms with Gasteiger partial charge in [0.05, 0.1) is 5.39 Å². The second-order valence-electron chi connectivity index (χ2n) is 4.42. The molecule has 1 aromatic heterocycles. The Labute approximate surface area is 116 Å². The average Bonchev–Trinajstić information content (AvgIpc) is 2.48. The summed E-state index contributed by atoms with van der Waals surface area (Å²) >= 11 is 0. The molecule has 5 nitrogen and oxygen atoms in total. The Kier molecular flexibility index (Phi) is 4.30. The van der Waals surface area contributed by atoms with Crippen LogP contribution in [0.5, 0.6) is 0 Å². The van der Waals surface area contributed by atoms with Crippen LogP contribution >= 0.6 is 0 Å². The lowest BCUT2D eigenvalue weighted by molar-refractivity contribution is 0.0952. The molecular weight excluding hydrogens is 254 g/mol. The first kappa shape index (κ1) is 14.0. The highest BCUT2D eigenvalue weighted by Crippen LogP contribution is 2.13. The van der Waals surface area contributed by atoms with Crippen LogP contribution in [0.25, 0.3) is 10.8 Å². The minimum absolute atomic E-state index is 0.164. The van der Waals surface area contributed by atoms with Crippen molar-refractivity contribution in [1.82, 2.24) is 15.1 Å². The average molecular weight is 271 g/mol. The van der Waals surface area contributed by atoms with E-state index in [0.717, 1.165) is 6.42 Å². The predicted molar refractivity (Wildman–Crippen MR) is 78.8 cm³/mol. The third kappa shape index (κ3) is 2.61. The summed E-state index contributed by atoms with van der Waals surface area (Å²) in [5.41, 5.74) is 0.109. The van der Waals surface area contributed by atoms with Gasteiger partial charge in [-0.3, -0.25) is 9.59 Å². The maximum absolute atomic E-state index is 12.3. The fourth-order valence-electron chi connectivity index (χ4n) is 2.01. The number of fused-ring (bicyclic) bond motifs is 1. The lowest BCUT2D eigenvalue weighted by atomic mass is 10.1. The van der Waals surface area contributed by atoms with Gasteiger partial charge >= 0.3 is 0 Å². The molecular formula is C15H17N3O2. The molecule has 0 aliphatic rings. The summed E-state index contributed by atoms with van der Waals surface area (Å²) in [5.74, 6) is -0.300. The molecule has 0 radical (unpaired) electrons. The maximum atomic E-state index is 12.3. The Morgan fingerprint density at radius 1 is 1.40 bits per heavy atom. The smallest absolute Gasteiger partial charge is 0.274 e. The van der Waals surface area contributed by atoms with Crippen LogP contribution < -0.4 is 10.9 Å². The summed E-state index contributed by atoms with van der Waals surface area (Å²) in [6, 6.07) is 7.03. The predicted octanol–water partition coefficient (Wildman–Crippen LogP) is 1.72. The Morgan fingerprint density at radius 3 is 2.75 bits per heavy atom. The van der Waals surface area contributed by atoms with Crippen molar-refractivity contribution in [2.24, 2.45) is 0 Å². The second kappa shape index (κ2) is 6.14. The number of nitrogens with one attached hydrogen (secondary N) is 1. The van der Waals surface area contributed by atoms with Gasteiger partial charge in [0.2, 0.25) is 0 Å². The maximum Gasteiger partial charge on any atom is 0.274 e. The molecule has 2 rings (SSSR count). The van der Waals surface area contributed by atoms with E-state index in [1.807, 2.05) is 6.92 Å². The highest BCUT2D eigenvalue weighted by molar-refractivity contribution is 6.04. The van der Waals surface area contributed by atoms with Gasteiger partial charge in [-0.1, -0.05) is 31.2 Å². The van der Waals surface area contributed by atoms with Crippen LogP contribution in [-0.2, 0) is 6.54 Å². The summed E-state index contributed by atoms with van der Waals surface area (Å²) in [6.07, 6.45) is 2.38. The van der Waals surface area contributed by atoms with Crippen molar-refractivity contribution in [3.63, 3.8) is 0 Å². The topological polar surface area (TPSA) is 64.0 Å². The van der Waals surface area contributed by atoms with E-state index in [2.05, 4.69) is 17.0 Å². The number of rotatable bonds is 5. The first-order valence-corrected chi connectivity index (χ1v) is 6.58. The Hall–Kier alpha value is -2.43. The van der Waals surface area contributed by atoms with E-state index < -0.39 is 0 Å². The van der Waals surface area contributed by atoms with E-state index in [-0.39, 0.29) is 17.2 Å². The van der Waals surface area contributed by atoms with E-state index in [9.17, 15) is 9.59 Å². The van der Waals surface area contributed by atoms with E-state index in [0.29, 0.717) is 23.9 Å². The first-order chi connectivity index (χ1) is 9.69. The first-order valence-electron chi connectivity index (χ1n) is 6.58. The number of nitrogens with zero attached hydrogens (tertiary/aromatic N) is 2. The number of benzene rings is 1. The minimum Gasteiger partial charge on any atom is -0.347 e. The third-order valence-corrected chi connectivity index (χ3v) is 2.93. The molecule has 0 aliphatic carbocycles. The summed E-state index contributed by atoms with van der Waals surface area (Å²) in [6.45, 7) is 6.37. The monoisotopic (exact) mass is 271 g/mol. The summed E-state index contributed by atoms with van der Waals surface area (Å²) in [4.78, 5) is 24.4. The highest BCUT2D eigenvalue weighted by Gasteiger charge is 2.15. The molecule has 0 unspecified atom stereocenters. The number of amides is 1. The molecule has 0 fully saturated rings. The third-order valence-electron chi connectivity index (χ3n) is 2.93. The largest absolute Gasteiger partial charge is 0.347 e. The summed E-state index contributed by atoms with van der Waals surface area (Å²) in [5, 5.41) is 7.98. The van der Waals surface area contributed by atoms with Gasteiger partial charge in [-0.15, -0.1) is 6.58 Å². The zero-order chi connectivity index (χ0) is 14.5. The van der Waals surface area contributed by atoms with Crippen LogP contribution in [-0.4, -0.2) is 22.2 Å². The van der Waals surface area contributed by atoms with Gasteiger partial charge in [0.1, 0.15) is 0 Å². The Balaban J connectivity index is 2.63. The van der Waals surface area contributed by atoms with Crippen LogP contribution in [0.3, 0.4) is 0 Å². The fraction of sp³-hybridized carbons (Fsp3) is 0.267. The lowest BCUT2D eigenvalue weighted by Gasteiger charge is -2.10. The molecule has 104 valence electrons. The van der Waals surface area contributed by atoms with Gasteiger partial charge in [-0.25, -0.2) is 4.68 Å². The van der Waals surface area contributed by atoms with Crippen LogP contribution in [0, 0.1) is 0 Å². The van der Waals surface area contributed by atoms with E-state index >= 15 is 0 Å². The van der Waals surface area contributed by atoms with E-state index in [4.69, 9.17) is 0 Å². The number of hydrogen-bond acceptors (Lipinski definition) is 3. The Morgan fingerprint density at radius 2 is 2.10 bits per heavy atom. The van der Waals surface area contributed by atoms with Gasteiger partial charge in [0.15, 0.2) is 5.69 Å². The van der Waals surface area contributed by atoms with Crippen LogP contribution in [0.15, 0.2) is 41.7 Å². The van der Waals surface area contributed by atoms with Crippen LogP contribution in [0.2, 0.25) is 0 Å². The van der Waals surface area contributed by atoms with E-state index in [1.54, 1.807) is 30.3 Å². The normalized spacial score (nSPS) is 10.4. The molecule has 1 amide bonds. The molecule has 2 aromatic rings. The molecule has 1 aromatic carbocycles. The molecule has 5 heteroatoms. The second-order valence-corrected chi connectivity index (χ2v) is 4.42. The fourth-order valence-corrected chi connectivity index (χ4v) is 2.01. The zero-order valence-corrected chi connectivity index (χ0v) is 11.4. The standard InChI is InChI=1S/C15H17N3O2/c1-3-9-16-14(19)13-11-7-5-6-8-12(11)15(20)18(17-13)10-4-2/h3,5-8H,1,4,9-10H2,2H3,(H,16,19). The van der Waals surface area contributed by atoms with Crippen molar-refractivity contribution < 1.29 is 4.79 Å². The van der Waals surface area contributed by atoms with Gasteiger partial charge < -0.3 is 5.32 Å². The van der Waals surface area contributed by atoms with Gasteiger partial charge in [-0.2, -0.15) is 5.10 Å². The zero-order valence-electron chi connectivity index (χ0n) is 11.4. The number of aryl methyl sites for hydroxylation is 1. The van der Waals surface area contributed by atoms with Crippen molar-refractivity contribution in [2.75, 3.05) is 6.54 Å². The number of aromatic nitrogens is 2. The Bertz CT molecular complexity index is 704. The van der Waals surface area contributed by atoms with Crippen LogP contribution in [0.1, 0.15) is 23.8 Å². The van der Waals surface area contributed by atoms with E-state index in [1.165, 1.54) is 4.68 Å². The number of carbonyl (C=O) groups is 1. The molecule has 1 heterocycles. The van der Waals surface area contributed by atoms with Gasteiger partial charge in [0, 0.05) is 18.5 Å². The molecule has 0 saturated carbocycles. The quantitative estimate of drug-likeness (QED) is 0.842.